The third kappa shape index (κ3) is 4.44. The van der Waals surface area contributed by atoms with Gasteiger partial charge in [0.2, 0.25) is 11.8 Å². The van der Waals surface area contributed by atoms with Gasteiger partial charge in [-0.15, -0.1) is 0 Å². The molecule has 0 aromatic rings. The number of carbonyl (C=O) groups excluding carboxylic acids is 2. The number of carbonyl (C=O) groups is 2. The van der Waals surface area contributed by atoms with Crippen LogP contribution in [0.4, 0.5) is 0 Å². The van der Waals surface area contributed by atoms with Gasteiger partial charge in [-0.1, -0.05) is 6.42 Å². The molecule has 23 heavy (non-hydrogen) atoms. The van der Waals surface area contributed by atoms with Crippen LogP contribution in [0.2, 0.25) is 0 Å². The number of nitrogens with zero attached hydrogens (tertiary/aromatic N) is 3. The molecule has 0 radical (unpaired) electrons. The van der Waals surface area contributed by atoms with E-state index in [0.29, 0.717) is 19.0 Å². The average molecular weight is 324 g/mol. The molecule has 0 bridgehead atoms. The Balaban J connectivity index is 1.79. The first kappa shape index (κ1) is 18.2. The standard InChI is InChI=1S/C17H32N4O2/c1-3-20(4-2)16(22)13-19-8-10-21(11-9-19)17(23)15-7-5-6-14(15)12-18/h14-15H,3-13,18H2,1-2H3/t14-,15-/m1/s1. The largest absolute Gasteiger partial charge is 0.342 e. The van der Waals surface area contributed by atoms with Crippen molar-refractivity contribution in [3.05, 3.63) is 0 Å². The van der Waals surface area contributed by atoms with Gasteiger partial charge in [-0.2, -0.15) is 0 Å². The van der Waals surface area contributed by atoms with Gasteiger partial charge < -0.3 is 15.5 Å². The zero-order chi connectivity index (χ0) is 16.8. The molecule has 1 saturated heterocycles. The molecule has 2 N–H and O–H groups in total. The second-order valence-electron chi connectivity index (χ2n) is 6.70. The third-order valence-electron chi connectivity index (χ3n) is 5.44. The Kier molecular flexibility index (Phi) is 6.84. The second kappa shape index (κ2) is 8.64. The highest BCUT2D eigenvalue weighted by atomic mass is 16.2. The molecule has 1 aliphatic heterocycles. The Bertz CT molecular complexity index is 403. The molecule has 0 spiro atoms. The monoisotopic (exact) mass is 324 g/mol. The summed E-state index contributed by atoms with van der Waals surface area (Å²) in [4.78, 5) is 30.9. The molecule has 2 aliphatic rings. The van der Waals surface area contributed by atoms with Crippen molar-refractivity contribution in [1.82, 2.24) is 14.7 Å². The van der Waals surface area contributed by atoms with Crippen LogP contribution in [-0.2, 0) is 9.59 Å². The summed E-state index contributed by atoms with van der Waals surface area (Å²) in [6, 6.07) is 0. The van der Waals surface area contributed by atoms with Gasteiger partial charge in [0.1, 0.15) is 0 Å². The third-order valence-corrected chi connectivity index (χ3v) is 5.44. The fourth-order valence-corrected chi connectivity index (χ4v) is 3.87. The molecule has 6 heteroatoms. The minimum Gasteiger partial charge on any atom is -0.342 e. The summed E-state index contributed by atoms with van der Waals surface area (Å²) in [7, 11) is 0. The molecule has 0 unspecified atom stereocenters. The molecule has 1 aliphatic carbocycles. The van der Waals surface area contributed by atoms with Crippen molar-refractivity contribution < 1.29 is 9.59 Å². The zero-order valence-corrected chi connectivity index (χ0v) is 14.7. The summed E-state index contributed by atoms with van der Waals surface area (Å²) in [5.74, 6) is 0.968. The number of piperazine rings is 1. The minimum atomic E-state index is 0.129. The van der Waals surface area contributed by atoms with Crippen LogP contribution in [-0.4, -0.2) is 78.9 Å². The van der Waals surface area contributed by atoms with Gasteiger partial charge in [-0.25, -0.2) is 0 Å². The maximum atomic E-state index is 12.7. The lowest BCUT2D eigenvalue weighted by molar-refractivity contribution is -0.139. The van der Waals surface area contributed by atoms with E-state index in [-0.39, 0.29) is 17.7 Å². The van der Waals surface area contributed by atoms with E-state index in [1.807, 2.05) is 23.6 Å². The van der Waals surface area contributed by atoms with Crippen molar-refractivity contribution in [2.75, 3.05) is 52.4 Å². The summed E-state index contributed by atoms with van der Waals surface area (Å²) in [6.07, 6.45) is 3.20. The molecule has 0 aromatic carbocycles. The maximum absolute atomic E-state index is 12.7. The predicted octanol–water partition coefficient (Wildman–Crippen LogP) is 0.374. The lowest BCUT2D eigenvalue weighted by Crippen LogP contribution is -2.53. The molecule has 1 saturated carbocycles. The Labute approximate surface area is 140 Å². The van der Waals surface area contributed by atoms with Crippen LogP contribution in [0, 0.1) is 11.8 Å². The predicted molar refractivity (Wildman–Crippen MR) is 90.8 cm³/mol. The lowest BCUT2D eigenvalue weighted by Gasteiger charge is -2.37. The topological polar surface area (TPSA) is 69.9 Å². The van der Waals surface area contributed by atoms with Crippen molar-refractivity contribution in [3.8, 4) is 0 Å². The van der Waals surface area contributed by atoms with Crippen LogP contribution in [0.3, 0.4) is 0 Å². The van der Waals surface area contributed by atoms with E-state index in [1.165, 1.54) is 0 Å². The molecular formula is C17H32N4O2. The van der Waals surface area contributed by atoms with E-state index in [9.17, 15) is 9.59 Å². The lowest BCUT2D eigenvalue weighted by atomic mass is 9.94. The zero-order valence-electron chi connectivity index (χ0n) is 14.7. The average Bonchev–Trinajstić information content (AvgIpc) is 3.04. The summed E-state index contributed by atoms with van der Waals surface area (Å²) in [5, 5.41) is 0. The first-order chi connectivity index (χ1) is 11.1. The maximum Gasteiger partial charge on any atom is 0.236 e. The van der Waals surface area contributed by atoms with Crippen LogP contribution in [0.15, 0.2) is 0 Å². The summed E-state index contributed by atoms with van der Waals surface area (Å²) in [5.41, 5.74) is 5.80. The Morgan fingerprint density at radius 2 is 1.74 bits per heavy atom. The number of hydrogen-bond acceptors (Lipinski definition) is 4. The van der Waals surface area contributed by atoms with Crippen LogP contribution in [0.5, 0.6) is 0 Å². The molecular weight excluding hydrogens is 292 g/mol. The minimum absolute atomic E-state index is 0.129. The van der Waals surface area contributed by atoms with Gasteiger partial charge in [-0.3, -0.25) is 14.5 Å². The number of likely N-dealkylation sites (N-methyl/N-ethyl adjacent to an activating group) is 1. The quantitative estimate of drug-likeness (QED) is 0.766. The van der Waals surface area contributed by atoms with Gasteiger partial charge in [0.15, 0.2) is 0 Å². The summed E-state index contributed by atoms with van der Waals surface area (Å²) >= 11 is 0. The van der Waals surface area contributed by atoms with E-state index in [4.69, 9.17) is 5.73 Å². The normalized spacial score (nSPS) is 25.6. The van der Waals surface area contributed by atoms with E-state index in [1.54, 1.807) is 0 Å². The smallest absolute Gasteiger partial charge is 0.236 e. The van der Waals surface area contributed by atoms with E-state index >= 15 is 0 Å². The first-order valence-corrected chi connectivity index (χ1v) is 9.09. The Morgan fingerprint density at radius 1 is 1.09 bits per heavy atom. The molecule has 2 amide bonds. The van der Waals surface area contributed by atoms with Crippen LogP contribution >= 0.6 is 0 Å². The van der Waals surface area contributed by atoms with Crippen molar-refractivity contribution >= 4 is 11.8 Å². The van der Waals surface area contributed by atoms with Crippen molar-refractivity contribution in [1.29, 1.82) is 0 Å². The number of nitrogens with two attached hydrogens (primary N) is 1. The van der Waals surface area contributed by atoms with Gasteiger partial charge >= 0.3 is 0 Å². The number of hydrogen-bond donors (Lipinski definition) is 1. The highest BCUT2D eigenvalue weighted by Gasteiger charge is 2.35. The SMILES string of the molecule is CCN(CC)C(=O)CN1CCN(C(=O)[C@@H]2CCC[C@@H]2CN)CC1. The molecule has 132 valence electrons. The summed E-state index contributed by atoms with van der Waals surface area (Å²) < 4.78 is 0. The molecule has 1 heterocycles. The highest BCUT2D eigenvalue weighted by Crippen LogP contribution is 2.32. The fraction of sp³-hybridized carbons (Fsp3) is 0.882. The molecule has 6 nitrogen and oxygen atoms in total. The fourth-order valence-electron chi connectivity index (χ4n) is 3.87. The van der Waals surface area contributed by atoms with Crippen LogP contribution in [0.25, 0.3) is 0 Å². The Hall–Kier alpha value is -1.14. The second-order valence-corrected chi connectivity index (χ2v) is 6.70. The van der Waals surface area contributed by atoms with Crippen molar-refractivity contribution in [2.24, 2.45) is 17.6 Å². The van der Waals surface area contributed by atoms with Gasteiger partial charge in [-0.05, 0) is 39.2 Å². The van der Waals surface area contributed by atoms with Gasteiger partial charge in [0.25, 0.3) is 0 Å². The highest BCUT2D eigenvalue weighted by molar-refractivity contribution is 5.80. The van der Waals surface area contributed by atoms with Gasteiger partial charge in [0.05, 0.1) is 6.54 Å². The Morgan fingerprint density at radius 3 is 2.30 bits per heavy atom. The van der Waals surface area contributed by atoms with Crippen LogP contribution in [0.1, 0.15) is 33.1 Å². The van der Waals surface area contributed by atoms with Gasteiger partial charge in [0, 0.05) is 45.2 Å². The van der Waals surface area contributed by atoms with Crippen LogP contribution < -0.4 is 5.73 Å². The van der Waals surface area contributed by atoms with E-state index < -0.39 is 0 Å². The number of rotatable bonds is 6. The molecule has 2 atom stereocenters. The van der Waals surface area contributed by atoms with Crippen molar-refractivity contribution in [3.63, 3.8) is 0 Å². The molecule has 0 aromatic heterocycles. The summed E-state index contributed by atoms with van der Waals surface area (Å²) in [6.45, 7) is 9.67. The molecule has 2 fully saturated rings. The first-order valence-electron chi connectivity index (χ1n) is 9.09. The van der Waals surface area contributed by atoms with Crippen molar-refractivity contribution in [2.45, 2.75) is 33.1 Å². The van der Waals surface area contributed by atoms with E-state index in [2.05, 4.69) is 4.90 Å². The van der Waals surface area contributed by atoms with E-state index in [0.717, 1.165) is 58.5 Å². The molecule has 2 rings (SSSR count). The number of amides is 2.